The van der Waals surface area contributed by atoms with Crippen molar-refractivity contribution in [3.63, 3.8) is 0 Å². The zero-order valence-corrected chi connectivity index (χ0v) is 19.6. The summed E-state index contributed by atoms with van der Waals surface area (Å²) in [5, 5.41) is 2.80. The van der Waals surface area contributed by atoms with Crippen LogP contribution in [0.15, 0.2) is 70.4 Å². The molecule has 0 spiro atoms. The van der Waals surface area contributed by atoms with Gasteiger partial charge >= 0.3 is 6.18 Å². The van der Waals surface area contributed by atoms with Crippen LogP contribution in [0.3, 0.4) is 0 Å². The Balaban J connectivity index is 1.61. The van der Waals surface area contributed by atoms with E-state index in [2.05, 4.69) is 10.3 Å². The van der Waals surface area contributed by atoms with E-state index in [9.17, 15) is 27.6 Å². The topological polar surface area (TPSA) is 104 Å². The van der Waals surface area contributed by atoms with Crippen molar-refractivity contribution in [1.82, 2.24) is 15.3 Å². The number of hydrogen-bond donors (Lipinski definition) is 3. The number of aromatic nitrogens is 2. The van der Waals surface area contributed by atoms with Crippen LogP contribution in [0, 0.1) is 13.8 Å². The first kappa shape index (κ1) is 24.1. The molecule has 0 unspecified atom stereocenters. The lowest BCUT2D eigenvalue weighted by molar-refractivity contribution is -0.140. The second-order valence-electron chi connectivity index (χ2n) is 8.83. The molecule has 3 heterocycles. The molecule has 0 radical (unpaired) electrons. The number of aryl methyl sites for hydroxylation is 2. The number of alkyl halides is 3. The van der Waals surface area contributed by atoms with Crippen molar-refractivity contribution < 1.29 is 22.7 Å². The Hall–Kier alpha value is -4.60. The number of H-pyrrole nitrogens is 2. The fraction of sp³-hybridized carbons (Fsp3) is 0.148. The van der Waals surface area contributed by atoms with Gasteiger partial charge in [-0.3, -0.25) is 14.4 Å². The van der Waals surface area contributed by atoms with Gasteiger partial charge in [-0.2, -0.15) is 13.2 Å². The summed E-state index contributed by atoms with van der Waals surface area (Å²) < 4.78 is 47.3. The third-order valence-electron chi connectivity index (χ3n) is 6.12. The predicted octanol–water partition coefficient (Wildman–Crippen LogP) is 4.99. The Labute approximate surface area is 208 Å². The Bertz CT molecular complexity index is 1600. The summed E-state index contributed by atoms with van der Waals surface area (Å²) >= 11 is 0. The van der Waals surface area contributed by atoms with Gasteiger partial charge in [0, 0.05) is 34.5 Å². The molecule has 1 amide bonds. The zero-order chi connectivity index (χ0) is 26.5. The highest BCUT2D eigenvalue weighted by atomic mass is 19.4. The fourth-order valence-corrected chi connectivity index (χ4v) is 4.32. The van der Waals surface area contributed by atoms with Crippen LogP contribution < -0.4 is 21.2 Å². The van der Waals surface area contributed by atoms with Crippen molar-refractivity contribution in [2.45, 2.75) is 26.1 Å². The van der Waals surface area contributed by atoms with Crippen LogP contribution in [-0.2, 0) is 6.18 Å². The lowest BCUT2D eigenvalue weighted by Crippen LogP contribution is -2.35. The summed E-state index contributed by atoms with van der Waals surface area (Å²) in [6.07, 6.45) is -3.82. The lowest BCUT2D eigenvalue weighted by Gasteiger charge is -2.29. The van der Waals surface area contributed by atoms with Gasteiger partial charge < -0.3 is 20.0 Å². The van der Waals surface area contributed by atoms with Crippen molar-refractivity contribution in [3.05, 3.63) is 115 Å². The Morgan fingerprint density at radius 3 is 2.08 bits per heavy atom. The first-order valence-electron chi connectivity index (χ1n) is 11.2. The average molecular weight is 507 g/mol. The number of nitrogens with one attached hydrogen (secondary N) is 3. The molecule has 0 aliphatic carbocycles. The van der Waals surface area contributed by atoms with Gasteiger partial charge in [-0.05, 0) is 49.2 Å². The van der Waals surface area contributed by atoms with Crippen molar-refractivity contribution in [2.24, 2.45) is 0 Å². The maximum absolute atomic E-state index is 13.7. The van der Waals surface area contributed by atoms with Crippen molar-refractivity contribution in [3.8, 4) is 22.6 Å². The molecule has 0 atom stereocenters. The maximum atomic E-state index is 13.7. The molecule has 37 heavy (non-hydrogen) atoms. The minimum Gasteiger partial charge on any atom is -0.457 e. The molecule has 3 N–H and O–H groups in total. The Kier molecular flexibility index (Phi) is 5.74. The molecule has 0 bridgehead atoms. The predicted molar refractivity (Wildman–Crippen MR) is 130 cm³/mol. The third-order valence-corrected chi connectivity index (χ3v) is 6.12. The van der Waals surface area contributed by atoms with Gasteiger partial charge in [0.2, 0.25) is 5.56 Å². The van der Waals surface area contributed by atoms with Crippen molar-refractivity contribution in [2.75, 3.05) is 0 Å². The number of ether oxygens (including phenoxy) is 1. The number of hydrogen-bond acceptors (Lipinski definition) is 4. The van der Waals surface area contributed by atoms with Gasteiger partial charge in [-0.1, -0.05) is 24.3 Å². The summed E-state index contributed by atoms with van der Waals surface area (Å²) in [6, 6.07) is 13.3. The minimum atomic E-state index is -4.91. The van der Waals surface area contributed by atoms with Crippen molar-refractivity contribution >= 4 is 5.91 Å². The summed E-state index contributed by atoms with van der Waals surface area (Å²) in [5.74, 6) is 0.183. The summed E-state index contributed by atoms with van der Waals surface area (Å²) in [6.45, 7) is 3.78. The zero-order valence-electron chi connectivity index (χ0n) is 19.6. The molecule has 4 aromatic rings. The highest BCUT2D eigenvalue weighted by Gasteiger charge is 2.37. The molecule has 0 fully saturated rings. The van der Waals surface area contributed by atoms with Crippen LogP contribution in [0.1, 0.15) is 44.3 Å². The van der Waals surface area contributed by atoms with Crippen molar-refractivity contribution in [1.29, 1.82) is 0 Å². The number of benzene rings is 2. The SMILES string of the molecule is Cc1ccc2c(c1)Oc1cc(C)ccc1C2NC(=O)c1cc(-c2ccc(=O)[nH]c2)c(C(F)(F)F)[nH]c1=O. The fourth-order valence-electron chi connectivity index (χ4n) is 4.32. The molecule has 1 aliphatic heterocycles. The largest absolute Gasteiger partial charge is 0.457 e. The van der Waals surface area contributed by atoms with Gasteiger partial charge in [-0.15, -0.1) is 0 Å². The first-order valence-corrected chi connectivity index (χ1v) is 11.2. The van der Waals surface area contributed by atoms with E-state index in [1.807, 2.05) is 43.1 Å². The molecule has 2 aromatic heterocycles. The molecule has 5 rings (SSSR count). The molecule has 10 heteroatoms. The molecule has 1 aliphatic rings. The molecule has 2 aromatic carbocycles. The summed E-state index contributed by atoms with van der Waals surface area (Å²) in [7, 11) is 0. The van der Waals surface area contributed by atoms with E-state index in [0.717, 1.165) is 29.5 Å². The van der Waals surface area contributed by atoms with Crippen LogP contribution in [-0.4, -0.2) is 15.9 Å². The van der Waals surface area contributed by atoms with Gasteiger partial charge in [0.05, 0.1) is 6.04 Å². The number of amides is 1. The van der Waals surface area contributed by atoms with E-state index in [-0.39, 0.29) is 5.56 Å². The average Bonchev–Trinajstić information content (AvgIpc) is 2.83. The molecular formula is C27H20F3N3O4. The molecule has 7 nitrogen and oxygen atoms in total. The monoisotopic (exact) mass is 507 g/mol. The highest BCUT2D eigenvalue weighted by Crippen LogP contribution is 2.43. The van der Waals surface area contributed by atoms with E-state index in [4.69, 9.17) is 4.74 Å². The molecule has 0 saturated carbocycles. The third kappa shape index (κ3) is 4.53. The molecule has 188 valence electrons. The van der Waals surface area contributed by atoms with E-state index in [1.54, 1.807) is 12.1 Å². The number of carbonyl (C=O) groups excluding carboxylic acids is 1. The second-order valence-corrected chi connectivity index (χ2v) is 8.83. The summed E-state index contributed by atoms with van der Waals surface area (Å²) in [5.41, 5.74) is -0.872. The van der Waals surface area contributed by atoms with E-state index >= 15 is 0 Å². The Morgan fingerprint density at radius 2 is 1.54 bits per heavy atom. The minimum absolute atomic E-state index is 0.0232. The van der Waals surface area contributed by atoms with Crippen LogP contribution in [0.2, 0.25) is 0 Å². The number of rotatable bonds is 3. The van der Waals surface area contributed by atoms with Gasteiger partial charge in [0.1, 0.15) is 22.8 Å². The van der Waals surface area contributed by atoms with Gasteiger partial charge in [0.15, 0.2) is 0 Å². The molecular weight excluding hydrogens is 487 g/mol. The normalized spacial score (nSPS) is 12.9. The smallest absolute Gasteiger partial charge is 0.431 e. The maximum Gasteiger partial charge on any atom is 0.431 e. The number of halogens is 3. The molecule has 0 saturated heterocycles. The first-order chi connectivity index (χ1) is 17.5. The van der Waals surface area contributed by atoms with Gasteiger partial charge in [-0.25, -0.2) is 0 Å². The summed E-state index contributed by atoms with van der Waals surface area (Å²) in [4.78, 5) is 41.6. The second kappa shape index (κ2) is 8.81. The van der Waals surface area contributed by atoms with E-state index < -0.39 is 46.1 Å². The number of aromatic amines is 2. The van der Waals surface area contributed by atoms with Crippen LogP contribution in [0.4, 0.5) is 13.2 Å². The lowest BCUT2D eigenvalue weighted by atomic mass is 9.92. The quantitative estimate of drug-likeness (QED) is 0.363. The number of pyridine rings is 2. The highest BCUT2D eigenvalue weighted by molar-refractivity contribution is 5.96. The van der Waals surface area contributed by atoms with E-state index in [0.29, 0.717) is 22.6 Å². The Morgan fingerprint density at radius 1 is 0.919 bits per heavy atom. The van der Waals surface area contributed by atoms with Crippen LogP contribution in [0.5, 0.6) is 11.5 Å². The number of fused-ring (bicyclic) bond motifs is 2. The number of carbonyl (C=O) groups is 1. The van der Waals surface area contributed by atoms with Crippen LogP contribution >= 0.6 is 0 Å². The standard InChI is InChI=1S/C27H20F3N3O4/c1-13-3-6-16-20(9-13)37-21-10-14(2)4-7-17(21)23(16)32-25(35)19-11-18(15-5-8-22(34)31-12-15)24(27(28,29)30)33-26(19)36/h3-12,23H,1-2H3,(H,31,34)(H,32,35)(H,33,36). The van der Waals surface area contributed by atoms with E-state index in [1.165, 1.54) is 6.07 Å². The van der Waals surface area contributed by atoms with Gasteiger partial charge in [0.25, 0.3) is 11.5 Å². The van der Waals surface area contributed by atoms with Crippen LogP contribution in [0.25, 0.3) is 11.1 Å².